The molecule has 2 N–H and O–H groups in total. The summed E-state index contributed by atoms with van der Waals surface area (Å²) >= 11 is 3.29. The molecule has 0 unspecified atom stereocenters. The minimum Gasteiger partial charge on any atom is -0.461 e. The van der Waals surface area contributed by atoms with Crippen LogP contribution in [0.3, 0.4) is 0 Å². The van der Waals surface area contributed by atoms with Gasteiger partial charge in [-0.3, -0.25) is 4.98 Å². The Bertz CT molecular complexity index is 579. The lowest BCUT2D eigenvalue weighted by atomic mass is 10.5. The lowest BCUT2D eigenvalue weighted by Gasteiger charge is -2.09. The molecule has 0 aromatic carbocycles. The van der Waals surface area contributed by atoms with Crippen molar-refractivity contribution >= 4 is 21.9 Å². The average Bonchev–Trinajstić information content (AvgIpc) is 2.26. The van der Waals surface area contributed by atoms with Crippen LogP contribution in [0.2, 0.25) is 0 Å². The van der Waals surface area contributed by atoms with Crippen LogP contribution in [0.5, 0.6) is 17.8 Å². The Balaban J connectivity index is 2.22. The normalized spacial score (nSPS) is 10.5. The molecule has 0 bridgehead atoms. The van der Waals surface area contributed by atoms with Gasteiger partial charge in [0.05, 0.1) is 12.3 Å². The van der Waals surface area contributed by atoms with Crippen LogP contribution in [0.1, 0.15) is 13.8 Å². The van der Waals surface area contributed by atoms with Crippen LogP contribution in [0, 0.1) is 0 Å². The number of ether oxygens (including phenoxy) is 2. The second-order valence-corrected chi connectivity index (χ2v) is 4.78. The standard InChI is InChI=1S/C11H12BrN5O2/c1-6(2)18-10-15-9(13)16-11(17-10)19-8-3-7(12)4-14-5-8/h3-6H,1-2H3,(H2,13,15,16,17). The van der Waals surface area contributed by atoms with Crippen LogP contribution in [-0.2, 0) is 0 Å². The molecular formula is C11H12BrN5O2. The molecule has 2 rings (SSSR count). The number of anilines is 1. The average molecular weight is 326 g/mol. The zero-order chi connectivity index (χ0) is 13.8. The van der Waals surface area contributed by atoms with Crippen molar-refractivity contribution in [3.05, 3.63) is 22.9 Å². The van der Waals surface area contributed by atoms with Crippen molar-refractivity contribution in [2.75, 3.05) is 5.73 Å². The van der Waals surface area contributed by atoms with Gasteiger partial charge in [0.1, 0.15) is 0 Å². The van der Waals surface area contributed by atoms with Crippen molar-refractivity contribution in [1.82, 2.24) is 19.9 Å². The topological polar surface area (TPSA) is 96.0 Å². The first kappa shape index (κ1) is 13.5. The Hall–Kier alpha value is -1.96. The smallest absolute Gasteiger partial charge is 0.330 e. The molecule has 7 nitrogen and oxygen atoms in total. The second kappa shape index (κ2) is 5.79. The SMILES string of the molecule is CC(C)Oc1nc(N)nc(Oc2cncc(Br)c2)n1. The third-order valence-corrected chi connectivity index (χ3v) is 2.28. The molecule has 0 aliphatic carbocycles. The second-order valence-electron chi connectivity index (χ2n) is 3.87. The fourth-order valence-corrected chi connectivity index (χ4v) is 1.56. The van der Waals surface area contributed by atoms with Gasteiger partial charge in [-0.1, -0.05) is 0 Å². The summed E-state index contributed by atoms with van der Waals surface area (Å²) in [5.74, 6) is 0.513. The third kappa shape index (κ3) is 4.02. The van der Waals surface area contributed by atoms with Crippen LogP contribution in [0.25, 0.3) is 0 Å². The minimum atomic E-state index is -0.0674. The molecule has 2 aromatic heterocycles. The molecule has 0 atom stereocenters. The van der Waals surface area contributed by atoms with Crippen LogP contribution in [0.4, 0.5) is 5.95 Å². The van der Waals surface area contributed by atoms with E-state index in [9.17, 15) is 0 Å². The van der Waals surface area contributed by atoms with Crippen LogP contribution < -0.4 is 15.2 Å². The number of halogens is 1. The molecule has 0 aliphatic rings. The predicted octanol–water partition coefficient (Wildman–Crippen LogP) is 2.19. The summed E-state index contributed by atoms with van der Waals surface area (Å²) in [5, 5.41) is 0. The highest BCUT2D eigenvalue weighted by atomic mass is 79.9. The highest BCUT2D eigenvalue weighted by Gasteiger charge is 2.09. The van der Waals surface area contributed by atoms with Crippen LogP contribution in [-0.4, -0.2) is 26.0 Å². The maximum Gasteiger partial charge on any atom is 0.330 e. The van der Waals surface area contributed by atoms with Gasteiger partial charge in [-0.25, -0.2) is 0 Å². The van der Waals surface area contributed by atoms with Crippen molar-refractivity contribution in [1.29, 1.82) is 0 Å². The molecule has 0 aliphatic heterocycles. The molecule has 0 radical (unpaired) electrons. The van der Waals surface area contributed by atoms with E-state index in [1.54, 1.807) is 12.3 Å². The van der Waals surface area contributed by atoms with Crippen LogP contribution in [0.15, 0.2) is 22.9 Å². The van der Waals surface area contributed by atoms with E-state index in [0.717, 1.165) is 4.47 Å². The van der Waals surface area contributed by atoms with E-state index in [1.165, 1.54) is 6.20 Å². The maximum atomic E-state index is 5.57. The fourth-order valence-electron chi connectivity index (χ4n) is 1.22. The Labute approximate surface area is 118 Å². The lowest BCUT2D eigenvalue weighted by molar-refractivity contribution is 0.219. The zero-order valence-corrected chi connectivity index (χ0v) is 12.0. The number of hydrogen-bond donors (Lipinski definition) is 1. The molecule has 100 valence electrons. The van der Waals surface area contributed by atoms with Crippen molar-refractivity contribution in [3.63, 3.8) is 0 Å². The van der Waals surface area contributed by atoms with E-state index in [1.807, 2.05) is 13.8 Å². The van der Waals surface area contributed by atoms with Gasteiger partial charge in [-0.05, 0) is 35.8 Å². The van der Waals surface area contributed by atoms with Gasteiger partial charge in [0, 0.05) is 10.7 Å². The summed E-state index contributed by atoms with van der Waals surface area (Å²) in [4.78, 5) is 15.7. The summed E-state index contributed by atoms with van der Waals surface area (Å²) < 4.78 is 11.6. The van der Waals surface area contributed by atoms with Crippen molar-refractivity contribution in [3.8, 4) is 17.8 Å². The summed E-state index contributed by atoms with van der Waals surface area (Å²) in [6.07, 6.45) is 3.11. The number of aromatic nitrogens is 4. The van der Waals surface area contributed by atoms with Gasteiger partial charge in [0.15, 0.2) is 5.75 Å². The first-order valence-electron chi connectivity index (χ1n) is 5.49. The molecule has 0 fully saturated rings. The largest absolute Gasteiger partial charge is 0.461 e. The van der Waals surface area contributed by atoms with Gasteiger partial charge in [-0.2, -0.15) is 9.97 Å². The number of rotatable bonds is 4. The quantitative estimate of drug-likeness (QED) is 0.920. The predicted molar refractivity (Wildman–Crippen MR) is 72.0 cm³/mol. The summed E-state index contributed by atoms with van der Waals surface area (Å²) in [7, 11) is 0. The molecule has 19 heavy (non-hydrogen) atoms. The highest BCUT2D eigenvalue weighted by Crippen LogP contribution is 2.22. The van der Waals surface area contributed by atoms with E-state index in [0.29, 0.717) is 5.75 Å². The van der Waals surface area contributed by atoms with E-state index in [-0.39, 0.29) is 24.1 Å². The first-order chi connectivity index (χ1) is 9.02. The molecular weight excluding hydrogens is 314 g/mol. The lowest BCUT2D eigenvalue weighted by Crippen LogP contribution is -2.11. The molecule has 0 spiro atoms. The Morgan fingerprint density at radius 2 is 1.89 bits per heavy atom. The summed E-state index contributed by atoms with van der Waals surface area (Å²) in [5.41, 5.74) is 5.57. The molecule has 2 aromatic rings. The molecule has 2 heterocycles. The Morgan fingerprint density at radius 3 is 2.58 bits per heavy atom. The molecule has 0 saturated carbocycles. The van der Waals surface area contributed by atoms with E-state index in [4.69, 9.17) is 15.2 Å². The van der Waals surface area contributed by atoms with Crippen LogP contribution >= 0.6 is 15.9 Å². The van der Waals surface area contributed by atoms with Gasteiger partial charge < -0.3 is 15.2 Å². The van der Waals surface area contributed by atoms with E-state index in [2.05, 4.69) is 35.9 Å². The Morgan fingerprint density at radius 1 is 1.16 bits per heavy atom. The fraction of sp³-hybridized carbons (Fsp3) is 0.273. The molecule has 0 amide bonds. The first-order valence-corrected chi connectivity index (χ1v) is 6.29. The van der Waals surface area contributed by atoms with E-state index < -0.39 is 0 Å². The number of pyridine rings is 1. The molecule has 0 saturated heterocycles. The third-order valence-electron chi connectivity index (χ3n) is 1.84. The molecule has 8 heteroatoms. The van der Waals surface area contributed by atoms with Crippen molar-refractivity contribution in [2.45, 2.75) is 20.0 Å². The number of nitrogens with two attached hydrogens (primary N) is 1. The number of nitrogen functional groups attached to an aromatic ring is 1. The monoisotopic (exact) mass is 325 g/mol. The van der Waals surface area contributed by atoms with Gasteiger partial charge in [0.25, 0.3) is 0 Å². The highest BCUT2D eigenvalue weighted by molar-refractivity contribution is 9.10. The minimum absolute atomic E-state index is 0.0311. The summed E-state index contributed by atoms with van der Waals surface area (Å²) in [6, 6.07) is 1.92. The van der Waals surface area contributed by atoms with Crippen molar-refractivity contribution < 1.29 is 9.47 Å². The van der Waals surface area contributed by atoms with Gasteiger partial charge in [-0.15, -0.1) is 4.98 Å². The number of nitrogens with zero attached hydrogens (tertiary/aromatic N) is 4. The summed E-state index contributed by atoms with van der Waals surface area (Å²) in [6.45, 7) is 3.72. The maximum absolute atomic E-state index is 5.57. The van der Waals surface area contributed by atoms with Crippen molar-refractivity contribution in [2.24, 2.45) is 0 Å². The zero-order valence-electron chi connectivity index (χ0n) is 10.4. The van der Waals surface area contributed by atoms with Gasteiger partial charge >= 0.3 is 12.0 Å². The van der Waals surface area contributed by atoms with Gasteiger partial charge in [0.2, 0.25) is 5.95 Å². The Kier molecular flexibility index (Phi) is 4.10. The van der Waals surface area contributed by atoms with E-state index >= 15 is 0 Å². The number of hydrogen-bond acceptors (Lipinski definition) is 7.